The summed E-state index contributed by atoms with van der Waals surface area (Å²) in [5.41, 5.74) is 0.438. The SMILES string of the molecule is CC(C)O[C@@H]1CC2(CCN(C(=O)c3ccc(S(=O)(=O)C(C)C)cn3)CC2)Oc2ccc(F)cc21. The van der Waals surface area contributed by atoms with E-state index in [0.29, 0.717) is 38.1 Å². The Bertz CT molecular complexity index is 1160. The lowest BCUT2D eigenvalue weighted by atomic mass is 9.81. The summed E-state index contributed by atoms with van der Waals surface area (Å²) < 4.78 is 51.0. The third-order valence-electron chi connectivity index (χ3n) is 6.51. The number of rotatable bonds is 5. The number of likely N-dealkylation sites (tertiary alicyclic amines) is 1. The van der Waals surface area contributed by atoms with Gasteiger partial charge in [-0.25, -0.2) is 17.8 Å². The summed E-state index contributed by atoms with van der Waals surface area (Å²) in [6, 6.07) is 7.42. The lowest BCUT2D eigenvalue weighted by Gasteiger charge is -2.47. The molecule has 1 aromatic heterocycles. The monoisotopic (exact) mass is 490 g/mol. The van der Waals surface area contributed by atoms with E-state index in [-0.39, 0.29) is 34.5 Å². The van der Waals surface area contributed by atoms with Crippen LogP contribution in [-0.4, -0.2) is 54.3 Å². The molecule has 2 aliphatic heterocycles. The van der Waals surface area contributed by atoms with Crippen molar-refractivity contribution in [3.05, 3.63) is 53.6 Å². The van der Waals surface area contributed by atoms with Crippen LogP contribution >= 0.6 is 0 Å². The van der Waals surface area contributed by atoms with Crippen LogP contribution in [0, 0.1) is 5.82 Å². The first kappa shape index (κ1) is 24.6. The maximum Gasteiger partial charge on any atom is 0.272 e. The summed E-state index contributed by atoms with van der Waals surface area (Å²) in [6.45, 7) is 8.06. The molecule has 1 amide bonds. The van der Waals surface area contributed by atoms with Gasteiger partial charge in [0.25, 0.3) is 5.91 Å². The van der Waals surface area contributed by atoms with E-state index in [1.807, 2.05) is 13.8 Å². The largest absolute Gasteiger partial charge is 0.487 e. The number of hydrogen-bond acceptors (Lipinski definition) is 6. The molecule has 1 aromatic carbocycles. The van der Waals surface area contributed by atoms with Gasteiger partial charge in [0, 0.05) is 44.1 Å². The van der Waals surface area contributed by atoms with Crippen molar-refractivity contribution in [2.75, 3.05) is 13.1 Å². The number of hydrogen-bond donors (Lipinski definition) is 0. The van der Waals surface area contributed by atoms with Gasteiger partial charge in [0.2, 0.25) is 0 Å². The summed E-state index contributed by atoms with van der Waals surface area (Å²) in [5, 5.41) is -0.560. The van der Waals surface area contributed by atoms with Gasteiger partial charge in [0.05, 0.1) is 22.4 Å². The van der Waals surface area contributed by atoms with Crippen molar-refractivity contribution >= 4 is 15.7 Å². The molecular weight excluding hydrogens is 459 g/mol. The number of fused-ring (bicyclic) bond motifs is 1. The van der Waals surface area contributed by atoms with E-state index in [1.165, 1.54) is 30.5 Å². The highest BCUT2D eigenvalue weighted by atomic mass is 32.2. The van der Waals surface area contributed by atoms with Gasteiger partial charge in [-0.2, -0.15) is 0 Å². The molecule has 1 fully saturated rings. The molecule has 34 heavy (non-hydrogen) atoms. The Morgan fingerprint density at radius 3 is 2.47 bits per heavy atom. The molecule has 2 aromatic rings. The zero-order valence-corrected chi connectivity index (χ0v) is 20.8. The number of piperidine rings is 1. The molecule has 0 bridgehead atoms. The Kier molecular flexibility index (Phi) is 6.70. The van der Waals surface area contributed by atoms with Crippen LogP contribution in [0.2, 0.25) is 0 Å². The average molecular weight is 491 g/mol. The van der Waals surface area contributed by atoms with E-state index >= 15 is 0 Å². The molecule has 7 nitrogen and oxygen atoms in total. The number of carbonyl (C=O) groups is 1. The fraction of sp³-hybridized carbons (Fsp3) is 0.520. The molecule has 184 valence electrons. The molecule has 0 N–H and O–H groups in total. The van der Waals surface area contributed by atoms with Gasteiger partial charge in [-0.15, -0.1) is 0 Å². The minimum atomic E-state index is -3.44. The van der Waals surface area contributed by atoms with E-state index in [0.717, 1.165) is 5.56 Å². The number of amides is 1. The van der Waals surface area contributed by atoms with E-state index in [9.17, 15) is 17.6 Å². The molecule has 0 aliphatic carbocycles. The summed E-state index contributed by atoms with van der Waals surface area (Å²) in [4.78, 5) is 19.0. The molecule has 2 aliphatic rings. The molecule has 1 saturated heterocycles. The third-order valence-corrected chi connectivity index (χ3v) is 8.65. The fourth-order valence-electron chi connectivity index (χ4n) is 4.57. The van der Waals surface area contributed by atoms with Crippen molar-refractivity contribution in [1.82, 2.24) is 9.88 Å². The average Bonchev–Trinajstić information content (AvgIpc) is 2.79. The van der Waals surface area contributed by atoms with Crippen LogP contribution < -0.4 is 4.74 Å². The number of ether oxygens (including phenoxy) is 2. The van der Waals surface area contributed by atoms with Crippen molar-refractivity contribution in [2.45, 2.75) is 74.9 Å². The third kappa shape index (κ3) is 4.81. The summed E-state index contributed by atoms with van der Waals surface area (Å²) in [6.07, 6.45) is 2.75. The molecule has 0 unspecified atom stereocenters. The smallest absolute Gasteiger partial charge is 0.272 e. The number of sulfone groups is 1. The highest BCUT2D eigenvalue weighted by molar-refractivity contribution is 7.92. The molecule has 1 atom stereocenters. The molecule has 4 rings (SSSR count). The van der Waals surface area contributed by atoms with Crippen LogP contribution in [0.15, 0.2) is 41.4 Å². The predicted octanol–water partition coefficient (Wildman–Crippen LogP) is 4.33. The number of halogens is 1. The number of pyridine rings is 1. The zero-order valence-electron chi connectivity index (χ0n) is 20.0. The van der Waals surface area contributed by atoms with Crippen molar-refractivity contribution in [3.63, 3.8) is 0 Å². The fourth-order valence-corrected chi connectivity index (χ4v) is 5.57. The Hall–Kier alpha value is -2.52. The maximum atomic E-state index is 13.9. The molecule has 1 spiro atoms. The second kappa shape index (κ2) is 9.26. The van der Waals surface area contributed by atoms with Crippen molar-refractivity contribution in [1.29, 1.82) is 0 Å². The minimum Gasteiger partial charge on any atom is -0.487 e. The Morgan fingerprint density at radius 1 is 1.18 bits per heavy atom. The molecule has 0 saturated carbocycles. The highest BCUT2D eigenvalue weighted by Gasteiger charge is 2.45. The highest BCUT2D eigenvalue weighted by Crippen LogP contribution is 2.46. The van der Waals surface area contributed by atoms with Crippen LogP contribution in [0.1, 0.15) is 69.1 Å². The Morgan fingerprint density at radius 2 is 1.88 bits per heavy atom. The van der Waals surface area contributed by atoms with Crippen molar-refractivity contribution in [2.24, 2.45) is 0 Å². The van der Waals surface area contributed by atoms with Gasteiger partial charge in [-0.05, 0) is 58.0 Å². The first-order chi connectivity index (χ1) is 16.0. The maximum absolute atomic E-state index is 13.9. The second-order valence-electron chi connectivity index (χ2n) is 9.61. The van der Waals surface area contributed by atoms with Gasteiger partial charge in [0.1, 0.15) is 22.9 Å². The van der Waals surface area contributed by atoms with Gasteiger partial charge in [-0.1, -0.05) is 0 Å². The van der Waals surface area contributed by atoms with Gasteiger partial charge in [0.15, 0.2) is 9.84 Å². The van der Waals surface area contributed by atoms with E-state index in [4.69, 9.17) is 9.47 Å². The lowest BCUT2D eigenvalue weighted by molar-refractivity contribution is -0.0874. The number of aromatic nitrogens is 1. The Balaban J connectivity index is 1.47. The quantitative estimate of drug-likeness (QED) is 0.620. The van der Waals surface area contributed by atoms with Gasteiger partial charge < -0.3 is 14.4 Å². The van der Waals surface area contributed by atoms with Crippen LogP contribution in [0.4, 0.5) is 4.39 Å². The van der Waals surface area contributed by atoms with Crippen LogP contribution in [0.3, 0.4) is 0 Å². The van der Waals surface area contributed by atoms with Crippen molar-refractivity contribution < 1.29 is 27.1 Å². The Labute approximate surface area is 200 Å². The normalized spacial score (nSPS) is 19.9. The molecular formula is C25H31FN2O5S. The van der Waals surface area contributed by atoms with Gasteiger partial charge in [-0.3, -0.25) is 4.79 Å². The first-order valence-electron chi connectivity index (χ1n) is 11.6. The molecule has 0 radical (unpaired) electrons. The zero-order chi connectivity index (χ0) is 24.7. The van der Waals surface area contributed by atoms with Crippen LogP contribution in [0.25, 0.3) is 0 Å². The number of carbonyl (C=O) groups excluding carboxylic acids is 1. The lowest BCUT2D eigenvalue weighted by Crippen LogP contribution is -2.52. The summed E-state index contributed by atoms with van der Waals surface area (Å²) in [7, 11) is -3.44. The van der Waals surface area contributed by atoms with Crippen LogP contribution in [-0.2, 0) is 14.6 Å². The standard InChI is InChI=1S/C25H31FN2O5S/c1-16(2)32-23-14-25(33-22-8-5-18(26)13-20(22)23)9-11-28(12-10-25)24(29)21-7-6-19(15-27-21)34(30,31)17(3)4/h5-8,13,15-17,23H,9-12,14H2,1-4H3/t23-/m1/s1. The molecule has 9 heteroatoms. The minimum absolute atomic E-state index is 0.0218. The van der Waals surface area contributed by atoms with E-state index < -0.39 is 20.7 Å². The number of nitrogens with zero attached hydrogens (tertiary/aromatic N) is 2. The second-order valence-corrected chi connectivity index (χ2v) is 12.1. The molecule has 3 heterocycles. The van der Waals surface area contributed by atoms with E-state index in [1.54, 1.807) is 24.8 Å². The predicted molar refractivity (Wildman–Crippen MR) is 125 cm³/mol. The van der Waals surface area contributed by atoms with Crippen molar-refractivity contribution in [3.8, 4) is 5.75 Å². The first-order valence-corrected chi connectivity index (χ1v) is 13.2. The van der Waals surface area contributed by atoms with Crippen LogP contribution in [0.5, 0.6) is 5.75 Å². The topological polar surface area (TPSA) is 85.8 Å². The van der Waals surface area contributed by atoms with E-state index in [2.05, 4.69) is 4.98 Å². The summed E-state index contributed by atoms with van der Waals surface area (Å²) >= 11 is 0. The summed E-state index contributed by atoms with van der Waals surface area (Å²) in [5.74, 6) is 0.0640. The number of benzene rings is 1. The van der Waals surface area contributed by atoms with Gasteiger partial charge >= 0.3 is 0 Å².